The predicted molar refractivity (Wildman–Crippen MR) is 141 cm³/mol. The van der Waals surface area contributed by atoms with E-state index >= 15 is 0 Å². The number of benzene rings is 1. The molecule has 0 heterocycles. The molecule has 0 amide bonds. The molecule has 0 bridgehead atoms. The molecule has 5 rings (SSSR count). The fourth-order valence-electron chi connectivity index (χ4n) is 8.10. The van der Waals surface area contributed by atoms with Crippen molar-refractivity contribution in [2.24, 2.45) is 17.3 Å². The van der Waals surface area contributed by atoms with Crippen LogP contribution in [0.25, 0.3) is 0 Å². The topological polar surface area (TPSA) is 63.7 Å². The molecule has 3 fully saturated rings. The lowest BCUT2D eigenvalue weighted by molar-refractivity contribution is -0.183. The summed E-state index contributed by atoms with van der Waals surface area (Å²) in [6, 6.07) is 8.78. The molecule has 5 heteroatoms. The second-order valence-electron chi connectivity index (χ2n) is 11.7. The molecule has 4 aliphatic rings. The van der Waals surface area contributed by atoms with Crippen LogP contribution in [0.3, 0.4) is 0 Å². The molecule has 4 aliphatic carbocycles. The molecule has 1 aromatic rings. The highest BCUT2D eigenvalue weighted by molar-refractivity contribution is 5.91. The van der Waals surface area contributed by atoms with Gasteiger partial charge < -0.3 is 9.64 Å². The van der Waals surface area contributed by atoms with Crippen LogP contribution in [0.2, 0.25) is 0 Å². The molecule has 3 unspecified atom stereocenters. The van der Waals surface area contributed by atoms with Gasteiger partial charge >= 0.3 is 5.97 Å². The summed E-state index contributed by atoms with van der Waals surface area (Å²) < 4.78 is 6.09. The van der Waals surface area contributed by atoms with Crippen molar-refractivity contribution in [1.29, 1.82) is 0 Å². The zero-order valence-corrected chi connectivity index (χ0v) is 22.4. The smallest absolute Gasteiger partial charge is 0.303 e. The molecule has 3 saturated carbocycles. The molecule has 0 spiro atoms. The number of rotatable bonds is 5. The van der Waals surface area contributed by atoms with Gasteiger partial charge in [0.15, 0.2) is 11.4 Å². The van der Waals surface area contributed by atoms with Crippen LogP contribution in [-0.4, -0.2) is 37.2 Å². The van der Waals surface area contributed by atoms with E-state index in [0.717, 1.165) is 31.4 Å². The number of hydrogen-bond acceptors (Lipinski definition) is 5. The molecule has 0 N–H and O–H groups in total. The first-order valence-corrected chi connectivity index (χ1v) is 13.6. The highest BCUT2D eigenvalue weighted by Gasteiger charge is 2.67. The Balaban J connectivity index is 1.67. The Kier molecular flexibility index (Phi) is 6.25. The number of fused-ring (bicyclic) bond motifs is 4. The number of ether oxygens (including phenoxy) is 1. The number of carbonyl (C=O) groups is 3. The fourth-order valence-corrected chi connectivity index (χ4v) is 8.10. The predicted octanol–water partition coefficient (Wildman–Crippen LogP) is 5.93. The number of anilines is 1. The van der Waals surface area contributed by atoms with E-state index < -0.39 is 11.0 Å². The van der Waals surface area contributed by atoms with Crippen molar-refractivity contribution in [2.75, 3.05) is 19.0 Å². The van der Waals surface area contributed by atoms with Crippen molar-refractivity contribution >= 4 is 23.2 Å². The van der Waals surface area contributed by atoms with Crippen LogP contribution >= 0.6 is 0 Å². The van der Waals surface area contributed by atoms with Crippen molar-refractivity contribution < 1.29 is 19.1 Å². The van der Waals surface area contributed by atoms with Crippen LogP contribution in [0.1, 0.15) is 83.6 Å². The Labute approximate surface area is 215 Å². The molecular weight excluding hydrogens is 450 g/mol. The number of carbonyl (C=O) groups excluding carboxylic acids is 3. The van der Waals surface area contributed by atoms with Gasteiger partial charge in [0.1, 0.15) is 5.78 Å². The van der Waals surface area contributed by atoms with Crippen molar-refractivity contribution in [2.45, 2.75) is 83.7 Å². The molecule has 0 saturated heterocycles. The molecule has 192 valence electrons. The summed E-state index contributed by atoms with van der Waals surface area (Å²) >= 11 is 0. The van der Waals surface area contributed by atoms with Gasteiger partial charge in [-0.2, -0.15) is 0 Å². The normalized spacial score (nSPS) is 33.3. The van der Waals surface area contributed by atoms with Gasteiger partial charge in [-0.3, -0.25) is 14.4 Å². The number of esters is 1. The Morgan fingerprint density at radius 2 is 1.86 bits per heavy atom. The zero-order chi connectivity index (χ0) is 25.8. The molecule has 0 aromatic heterocycles. The fraction of sp³-hybridized carbons (Fsp3) is 0.581. The van der Waals surface area contributed by atoms with Crippen molar-refractivity contribution in [3.05, 3.63) is 52.6 Å². The summed E-state index contributed by atoms with van der Waals surface area (Å²) in [5.74, 6) is 0.720. The van der Waals surface area contributed by atoms with Crippen molar-refractivity contribution in [1.82, 2.24) is 0 Å². The lowest BCUT2D eigenvalue weighted by Crippen LogP contribution is -2.57. The summed E-state index contributed by atoms with van der Waals surface area (Å²) in [4.78, 5) is 40.3. The minimum absolute atomic E-state index is 0.0517. The Hall–Kier alpha value is -2.69. The van der Waals surface area contributed by atoms with Crippen LogP contribution in [0.5, 0.6) is 0 Å². The van der Waals surface area contributed by atoms with Gasteiger partial charge in [-0.05, 0) is 72.8 Å². The van der Waals surface area contributed by atoms with E-state index in [1.54, 1.807) is 0 Å². The third-order valence-electron chi connectivity index (χ3n) is 9.73. The van der Waals surface area contributed by atoms with Gasteiger partial charge in [0, 0.05) is 57.3 Å². The summed E-state index contributed by atoms with van der Waals surface area (Å²) in [6.45, 7) is 5.53. The third-order valence-corrected chi connectivity index (χ3v) is 9.73. The molecule has 36 heavy (non-hydrogen) atoms. The highest BCUT2D eigenvalue weighted by atomic mass is 16.6. The van der Waals surface area contributed by atoms with E-state index in [4.69, 9.17) is 4.74 Å². The van der Waals surface area contributed by atoms with Crippen LogP contribution in [-0.2, 0) is 19.1 Å². The molecule has 5 nitrogen and oxygen atoms in total. The molecule has 0 radical (unpaired) electrons. The van der Waals surface area contributed by atoms with Crippen LogP contribution in [0, 0.1) is 17.3 Å². The number of hydrogen-bond donors (Lipinski definition) is 0. The zero-order valence-electron chi connectivity index (χ0n) is 22.4. The van der Waals surface area contributed by atoms with E-state index in [-0.39, 0.29) is 23.6 Å². The van der Waals surface area contributed by atoms with E-state index in [0.29, 0.717) is 37.4 Å². The quantitative estimate of drug-likeness (QED) is 0.480. The molecular formula is C31H39NO4. The second-order valence-corrected chi connectivity index (χ2v) is 11.7. The number of nitrogens with zero attached hydrogens (tertiary/aromatic N) is 1. The monoisotopic (exact) mass is 489 g/mol. The lowest BCUT2D eigenvalue weighted by atomic mass is 9.51. The van der Waals surface area contributed by atoms with E-state index in [1.807, 2.05) is 21.0 Å². The van der Waals surface area contributed by atoms with Gasteiger partial charge in [-0.15, -0.1) is 0 Å². The minimum Gasteiger partial charge on any atom is -0.451 e. The Morgan fingerprint density at radius 1 is 1.14 bits per heavy atom. The van der Waals surface area contributed by atoms with Crippen molar-refractivity contribution in [3.8, 4) is 0 Å². The van der Waals surface area contributed by atoms with E-state index in [9.17, 15) is 14.4 Å². The standard InChI is InChI=1S/C31H39NO4/c1-6-28(35)31(36-19(2)33)16-15-27-25-13-9-21-17-23(34)12-14-24(21)29(25)26(18-30(27,31)3)20-7-10-22(11-8-20)32(4)5/h7-11,25-27H,6,12-18H2,1-5H3/t25?,26?,27?,30-,31-/m0/s1. The first kappa shape index (κ1) is 25.0. The van der Waals surface area contributed by atoms with E-state index in [1.165, 1.54) is 29.2 Å². The van der Waals surface area contributed by atoms with Gasteiger partial charge in [0.2, 0.25) is 0 Å². The van der Waals surface area contributed by atoms with Crippen LogP contribution in [0.15, 0.2) is 47.1 Å². The Bertz CT molecular complexity index is 1160. The summed E-state index contributed by atoms with van der Waals surface area (Å²) in [7, 11) is 4.09. The maximum Gasteiger partial charge on any atom is 0.303 e. The summed E-state index contributed by atoms with van der Waals surface area (Å²) in [5.41, 5.74) is 4.99. The first-order chi connectivity index (χ1) is 17.1. The van der Waals surface area contributed by atoms with Gasteiger partial charge in [-0.25, -0.2) is 0 Å². The van der Waals surface area contributed by atoms with Gasteiger partial charge in [0.05, 0.1) is 0 Å². The molecule has 1 aromatic carbocycles. The SMILES string of the molecule is CCC(=O)[C@@]1(OC(C)=O)CCC2C3CC=C4CC(=O)CCC4=C3C(c3ccc(N(C)C)cc3)C[C@@]21C. The number of allylic oxidation sites excluding steroid dienone is 4. The number of ketones is 2. The van der Waals surface area contributed by atoms with Gasteiger partial charge in [0.25, 0.3) is 0 Å². The first-order valence-electron chi connectivity index (χ1n) is 13.6. The summed E-state index contributed by atoms with van der Waals surface area (Å²) in [5, 5.41) is 0. The lowest BCUT2D eigenvalue weighted by Gasteiger charge is -2.54. The van der Waals surface area contributed by atoms with E-state index in [2.05, 4.69) is 42.2 Å². The highest BCUT2D eigenvalue weighted by Crippen LogP contribution is 2.67. The van der Waals surface area contributed by atoms with Crippen molar-refractivity contribution in [3.63, 3.8) is 0 Å². The average molecular weight is 490 g/mol. The van der Waals surface area contributed by atoms with Crippen LogP contribution in [0.4, 0.5) is 5.69 Å². The largest absolute Gasteiger partial charge is 0.451 e. The maximum atomic E-state index is 13.6. The number of Topliss-reactive ketones (excluding diaryl/α,β-unsaturated/α-hetero) is 2. The minimum atomic E-state index is -1.07. The van der Waals surface area contributed by atoms with Gasteiger partial charge in [-0.1, -0.05) is 37.6 Å². The maximum absolute atomic E-state index is 13.6. The average Bonchev–Trinajstić information content (AvgIpc) is 3.14. The summed E-state index contributed by atoms with van der Waals surface area (Å²) in [6.07, 6.45) is 7.78. The molecule has 5 atom stereocenters. The molecule has 0 aliphatic heterocycles. The second kappa shape index (κ2) is 9.00. The van der Waals surface area contributed by atoms with Crippen LogP contribution < -0.4 is 4.90 Å². The Morgan fingerprint density at radius 3 is 2.50 bits per heavy atom. The third kappa shape index (κ3) is 3.69.